The maximum absolute atomic E-state index is 12.5. The van der Waals surface area contributed by atoms with Crippen LogP contribution < -0.4 is 0 Å². The van der Waals surface area contributed by atoms with Crippen molar-refractivity contribution in [3.8, 4) is 0 Å². The molecule has 1 saturated heterocycles. The Morgan fingerprint density at radius 3 is 2.62 bits per heavy atom. The molecule has 21 heavy (non-hydrogen) atoms. The van der Waals surface area contributed by atoms with Crippen LogP contribution in [0.15, 0.2) is 18.3 Å². The molecule has 110 valence electrons. The summed E-state index contributed by atoms with van der Waals surface area (Å²) >= 11 is 0. The van der Waals surface area contributed by atoms with Gasteiger partial charge in [0.25, 0.3) is 5.91 Å². The minimum absolute atomic E-state index is 0.0751. The topological polar surface area (TPSA) is 87.8 Å². The molecule has 7 nitrogen and oxygen atoms in total. The monoisotopic (exact) mass is 288 g/mol. The molecule has 0 bridgehead atoms. The second-order valence-electron chi connectivity index (χ2n) is 5.30. The van der Waals surface area contributed by atoms with Crippen molar-refractivity contribution in [1.82, 2.24) is 19.5 Å². The van der Waals surface area contributed by atoms with Crippen molar-refractivity contribution in [3.05, 3.63) is 29.7 Å². The molecule has 1 fully saturated rings. The summed E-state index contributed by atoms with van der Waals surface area (Å²) in [5.41, 5.74) is 1.27. The zero-order chi connectivity index (χ0) is 15.0. The third-order valence-corrected chi connectivity index (χ3v) is 3.95. The summed E-state index contributed by atoms with van der Waals surface area (Å²) < 4.78 is 1.78. The Kier molecular flexibility index (Phi) is 3.32. The number of fused-ring (bicyclic) bond motifs is 1. The van der Waals surface area contributed by atoms with E-state index in [4.69, 9.17) is 5.11 Å². The van der Waals surface area contributed by atoms with Crippen LogP contribution in [0.5, 0.6) is 0 Å². The lowest BCUT2D eigenvalue weighted by molar-refractivity contribution is -0.143. The molecule has 3 rings (SSSR count). The van der Waals surface area contributed by atoms with E-state index in [1.165, 1.54) is 0 Å². The number of hydrogen-bond donors (Lipinski definition) is 1. The standard InChI is InChI=1S/C14H16N4O3/c1-9-15-16-12-3-2-11(8-18(9)12)13(19)17-6-4-10(5-7-17)14(20)21/h2-3,8,10H,4-7H2,1H3,(H,20,21). The van der Waals surface area contributed by atoms with Crippen molar-refractivity contribution in [2.75, 3.05) is 13.1 Å². The Morgan fingerprint density at radius 2 is 1.95 bits per heavy atom. The zero-order valence-electron chi connectivity index (χ0n) is 11.7. The van der Waals surface area contributed by atoms with Crippen LogP contribution in [0.2, 0.25) is 0 Å². The minimum Gasteiger partial charge on any atom is -0.481 e. The number of aryl methyl sites for hydroxylation is 1. The fourth-order valence-corrected chi connectivity index (χ4v) is 2.64. The predicted octanol–water partition coefficient (Wildman–Crippen LogP) is 0.975. The Morgan fingerprint density at radius 1 is 1.24 bits per heavy atom. The second kappa shape index (κ2) is 5.16. The first kappa shape index (κ1) is 13.5. The van der Waals surface area contributed by atoms with Crippen molar-refractivity contribution >= 4 is 17.5 Å². The van der Waals surface area contributed by atoms with Crippen LogP contribution in [0, 0.1) is 12.8 Å². The van der Waals surface area contributed by atoms with Gasteiger partial charge in [-0.2, -0.15) is 0 Å². The molecule has 0 saturated carbocycles. The van der Waals surface area contributed by atoms with Crippen LogP contribution in [0.25, 0.3) is 5.65 Å². The van der Waals surface area contributed by atoms with Crippen molar-refractivity contribution in [2.24, 2.45) is 5.92 Å². The molecule has 0 aromatic carbocycles. The van der Waals surface area contributed by atoms with Gasteiger partial charge in [-0.05, 0) is 31.9 Å². The molecule has 0 atom stereocenters. The summed E-state index contributed by atoms with van der Waals surface area (Å²) in [6.07, 6.45) is 2.75. The number of carboxylic acids is 1. The van der Waals surface area contributed by atoms with Crippen molar-refractivity contribution in [2.45, 2.75) is 19.8 Å². The Hall–Kier alpha value is -2.44. The summed E-state index contributed by atoms with van der Waals surface area (Å²) in [6, 6.07) is 3.49. The molecule has 1 amide bonds. The quantitative estimate of drug-likeness (QED) is 0.889. The largest absolute Gasteiger partial charge is 0.481 e. The average Bonchev–Trinajstić information content (AvgIpc) is 2.87. The van der Waals surface area contributed by atoms with Crippen molar-refractivity contribution in [3.63, 3.8) is 0 Å². The molecule has 7 heteroatoms. The number of likely N-dealkylation sites (tertiary alicyclic amines) is 1. The number of amides is 1. The number of aromatic nitrogens is 3. The van der Waals surface area contributed by atoms with E-state index in [9.17, 15) is 9.59 Å². The third kappa shape index (κ3) is 2.46. The fourth-order valence-electron chi connectivity index (χ4n) is 2.64. The first-order valence-electron chi connectivity index (χ1n) is 6.90. The number of nitrogens with zero attached hydrogens (tertiary/aromatic N) is 4. The second-order valence-corrected chi connectivity index (χ2v) is 5.30. The molecule has 1 aliphatic rings. The van der Waals surface area contributed by atoms with E-state index in [2.05, 4.69) is 10.2 Å². The highest BCUT2D eigenvalue weighted by molar-refractivity contribution is 5.94. The van der Waals surface area contributed by atoms with E-state index < -0.39 is 5.97 Å². The van der Waals surface area contributed by atoms with E-state index in [0.29, 0.717) is 37.1 Å². The predicted molar refractivity (Wildman–Crippen MR) is 74.0 cm³/mol. The van der Waals surface area contributed by atoms with Gasteiger partial charge < -0.3 is 10.0 Å². The lowest BCUT2D eigenvalue weighted by atomic mass is 9.97. The van der Waals surface area contributed by atoms with Gasteiger partial charge in [0.2, 0.25) is 0 Å². The molecular formula is C14H16N4O3. The minimum atomic E-state index is -0.774. The van der Waals surface area contributed by atoms with Crippen molar-refractivity contribution in [1.29, 1.82) is 0 Å². The summed E-state index contributed by atoms with van der Waals surface area (Å²) in [4.78, 5) is 25.1. The SMILES string of the molecule is Cc1nnc2ccc(C(=O)N3CCC(C(=O)O)CC3)cn12. The number of piperidine rings is 1. The van der Waals surface area contributed by atoms with Crippen molar-refractivity contribution < 1.29 is 14.7 Å². The van der Waals surface area contributed by atoms with Gasteiger partial charge in [-0.1, -0.05) is 0 Å². The van der Waals surface area contributed by atoms with Gasteiger partial charge >= 0.3 is 5.97 Å². The highest BCUT2D eigenvalue weighted by Gasteiger charge is 2.27. The number of carboxylic acid groups (broad SMARTS) is 1. The lowest BCUT2D eigenvalue weighted by Gasteiger charge is -2.30. The smallest absolute Gasteiger partial charge is 0.306 e. The van der Waals surface area contributed by atoms with E-state index in [1.807, 2.05) is 6.92 Å². The summed E-state index contributed by atoms with van der Waals surface area (Å²) in [7, 11) is 0. The molecule has 0 spiro atoms. The number of aliphatic carboxylic acids is 1. The molecule has 0 unspecified atom stereocenters. The molecule has 2 aromatic heterocycles. The van der Waals surface area contributed by atoms with E-state index >= 15 is 0 Å². The number of carbonyl (C=O) groups excluding carboxylic acids is 1. The van der Waals surface area contributed by atoms with Crippen LogP contribution in [0.4, 0.5) is 0 Å². The molecule has 0 aliphatic carbocycles. The van der Waals surface area contributed by atoms with Gasteiger partial charge in [0.1, 0.15) is 5.82 Å². The fraction of sp³-hybridized carbons (Fsp3) is 0.429. The zero-order valence-corrected chi connectivity index (χ0v) is 11.7. The first-order chi connectivity index (χ1) is 10.1. The van der Waals surface area contributed by atoms with Gasteiger partial charge in [-0.25, -0.2) is 0 Å². The summed E-state index contributed by atoms with van der Waals surface area (Å²) in [5, 5.41) is 16.9. The van der Waals surface area contributed by atoms with Crippen LogP contribution in [-0.4, -0.2) is 49.6 Å². The van der Waals surface area contributed by atoms with Crippen LogP contribution in [-0.2, 0) is 4.79 Å². The van der Waals surface area contributed by atoms with Crippen LogP contribution in [0.3, 0.4) is 0 Å². The van der Waals surface area contributed by atoms with Gasteiger partial charge in [0, 0.05) is 19.3 Å². The average molecular weight is 288 g/mol. The first-order valence-corrected chi connectivity index (χ1v) is 6.90. The molecule has 3 heterocycles. The maximum atomic E-state index is 12.5. The van der Waals surface area contributed by atoms with Crippen LogP contribution in [0.1, 0.15) is 29.0 Å². The number of hydrogen-bond acceptors (Lipinski definition) is 4. The number of carbonyl (C=O) groups is 2. The normalized spacial score (nSPS) is 16.3. The highest BCUT2D eigenvalue weighted by atomic mass is 16.4. The van der Waals surface area contributed by atoms with E-state index in [0.717, 1.165) is 5.82 Å². The molecule has 1 N–H and O–H groups in total. The molecule has 1 aliphatic heterocycles. The summed E-state index contributed by atoms with van der Waals surface area (Å²) in [6.45, 7) is 2.79. The van der Waals surface area contributed by atoms with Gasteiger partial charge in [-0.3, -0.25) is 14.0 Å². The van der Waals surface area contributed by atoms with E-state index in [1.54, 1.807) is 27.6 Å². The maximum Gasteiger partial charge on any atom is 0.306 e. The number of rotatable bonds is 2. The lowest BCUT2D eigenvalue weighted by Crippen LogP contribution is -2.40. The summed E-state index contributed by atoms with van der Waals surface area (Å²) in [5.74, 6) is -0.460. The van der Waals surface area contributed by atoms with Crippen LogP contribution >= 0.6 is 0 Å². The molecular weight excluding hydrogens is 272 g/mol. The number of pyridine rings is 1. The van der Waals surface area contributed by atoms with Gasteiger partial charge in [-0.15, -0.1) is 10.2 Å². The third-order valence-electron chi connectivity index (χ3n) is 3.95. The Balaban J connectivity index is 1.78. The van der Waals surface area contributed by atoms with Gasteiger partial charge in [0.15, 0.2) is 5.65 Å². The Bertz CT molecular complexity index is 701. The highest BCUT2D eigenvalue weighted by Crippen LogP contribution is 2.19. The van der Waals surface area contributed by atoms with E-state index in [-0.39, 0.29) is 11.8 Å². The van der Waals surface area contributed by atoms with Gasteiger partial charge in [0.05, 0.1) is 11.5 Å². The Labute approximate surface area is 121 Å². The molecule has 0 radical (unpaired) electrons. The molecule has 2 aromatic rings.